The molecule has 3 aliphatic rings. The molecule has 12 heteroatoms. The highest BCUT2D eigenvalue weighted by atomic mass is 16.6. The molecule has 200 valence electrons. The van der Waals surface area contributed by atoms with Crippen molar-refractivity contribution in [2.75, 3.05) is 50.9 Å². The Balaban J connectivity index is 1.53. The largest absolute Gasteiger partial charge is 0.464 e. The van der Waals surface area contributed by atoms with Crippen LogP contribution in [0.1, 0.15) is 58.1 Å². The van der Waals surface area contributed by atoms with E-state index >= 15 is 0 Å². The average Bonchev–Trinajstić information content (AvgIpc) is 3.49. The van der Waals surface area contributed by atoms with Crippen LogP contribution in [0.3, 0.4) is 0 Å². The van der Waals surface area contributed by atoms with Crippen LogP contribution in [0.15, 0.2) is 10.9 Å². The molecule has 0 bridgehead atoms. The van der Waals surface area contributed by atoms with Gasteiger partial charge in [0.05, 0.1) is 25.5 Å². The normalized spacial score (nSPS) is 20.1. The SMILES string of the molecule is CCOC(=O)[C@H]1CCc2c(N3CCN(C(=O)OC(C)(C)C)CC3)c(=O)n3nc(C4=CCOCC4)nc3n21. The van der Waals surface area contributed by atoms with Gasteiger partial charge in [-0.2, -0.15) is 9.50 Å². The van der Waals surface area contributed by atoms with Crippen molar-refractivity contribution >= 4 is 29.1 Å². The summed E-state index contributed by atoms with van der Waals surface area (Å²) in [5.74, 6) is 0.466. The zero-order valence-electron chi connectivity index (χ0n) is 21.9. The summed E-state index contributed by atoms with van der Waals surface area (Å²) < 4.78 is 19.4. The third-order valence-electron chi connectivity index (χ3n) is 6.79. The fourth-order valence-corrected chi connectivity index (χ4v) is 5.11. The van der Waals surface area contributed by atoms with Gasteiger partial charge in [-0.1, -0.05) is 6.08 Å². The lowest BCUT2D eigenvalue weighted by atomic mass is 10.1. The first-order valence-electron chi connectivity index (χ1n) is 12.9. The van der Waals surface area contributed by atoms with Crippen molar-refractivity contribution in [2.45, 2.75) is 58.6 Å². The molecule has 0 radical (unpaired) electrons. The zero-order chi connectivity index (χ0) is 26.3. The Hall–Kier alpha value is -3.41. The fourth-order valence-electron chi connectivity index (χ4n) is 5.11. The number of amides is 1. The molecular weight excluding hydrogens is 480 g/mol. The topological polar surface area (TPSA) is 120 Å². The van der Waals surface area contributed by atoms with E-state index in [1.165, 1.54) is 4.52 Å². The van der Waals surface area contributed by atoms with Crippen LogP contribution < -0.4 is 10.5 Å². The maximum atomic E-state index is 13.8. The smallest absolute Gasteiger partial charge is 0.410 e. The molecule has 0 N–H and O–H groups in total. The molecule has 2 aromatic heterocycles. The Morgan fingerprint density at radius 1 is 1.16 bits per heavy atom. The lowest BCUT2D eigenvalue weighted by Crippen LogP contribution is -2.51. The van der Waals surface area contributed by atoms with Crippen LogP contribution >= 0.6 is 0 Å². The van der Waals surface area contributed by atoms with Crippen LogP contribution in [-0.2, 0) is 25.4 Å². The molecular formula is C25H34N6O6. The second-order valence-electron chi connectivity index (χ2n) is 10.4. The number of carbonyl (C=O) groups is 2. The van der Waals surface area contributed by atoms with Crippen LogP contribution in [0.2, 0.25) is 0 Å². The Bertz CT molecular complexity index is 1300. The number of nitrogens with zero attached hydrogens (tertiary/aromatic N) is 6. The van der Waals surface area contributed by atoms with Gasteiger partial charge in [0.1, 0.15) is 17.3 Å². The third-order valence-corrected chi connectivity index (χ3v) is 6.79. The minimum atomic E-state index is -0.583. The van der Waals surface area contributed by atoms with Gasteiger partial charge in [0.2, 0.25) is 5.78 Å². The molecule has 0 spiro atoms. The number of anilines is 1. The lowest BCUT2D eigenvalue weighted by molar-refractivity contribution is -0.146. The molecule has 2 aromatic rings. The van der Waals surface area contributed by atoms with Crippen molar-refractivity contribution < 1.29 is 23.8 Å². The van der Waals surface area contributed by atoms with E-state index in [1.807, 2.05) is 36.3 Å². The molecule has 0 aliphatic carbocycles. The maximum Gasteiger partial charge on any atom is 0.410 e. The van der Waals surface area contributed by atoms with Gasteiger partial charge in [0, 0.05) is 26.2 Å². The molecule has 1 saturated heterocycles. The highest BCUT2D eigenvalue weighted by Crippen LogP contribution is 2.34. The van der Waals surface area contributed by atoms with Gasteiger partial charge in [-0.3, -0.25) is 9.36 Å². The minimum absolute atomic E-state index is 0.269. The molecule has 5 rings (SSSR count). The van der Waals surface area contributed by atoms with E-state index in [9.17, 15) is 14.4 Å². The number of piperazine rings is 1. The second-order valence-corrected chi connectivity index (χ2v) is 10.4. The summed E-state index contributed by atoms with van der Waals surface area (Å²) in [6.45, 7) is 10.3. The molecule has 3 aliphatic heterocycles. The Kier molecular flexibility index (Phi) is 6.69. The zero-order valence-corrected chi connectivity index (χ0v) is 21.9. The van der Waals surface area contributed by atoms with E-state index in [0.29, 0.717) is 75.9 Å². The number of hydrogen-bond donors (Lipinski definition) is 0. The standard InChI is InChI=1S/C25H34N6O6/c1-5-36-22(33)18-7-6-17-19(28-10-12-29(13-11-28)24(34)37-25(2,3)4)21(32)31-23(30(17)18)26-20(27-31)16-8-14-35-15-9-16/h8,18H,5-7,9-15H2,1-4H3/t18-/m1/s1. The van der Waals surface area contributed by atoms with Crippen LogP contribution in [0.4, 0.5) is 10.5 Å². The molecule has 5 heterocycles. The van der Waals surface area contributed by atoms with Crippen molar-refractivity contribution in [3.8, 4) is 0 Å². The Morgan fingerprint density at radius 3 is 2.57 bits per heavy atom. The maximum absolute atomic E-state index is 13.8. The highest BCUT2D eigenvalue weighted by Gasteiger charge is 2.37. The summed E-state index contributed by atoms with van der Waals surface area (Å²) in [4.78, 5) is 47.6. The first kappa shape index (κ1) is 25.2. The average molecular weight is 515 g/mol. The molecule has 0 saturated carbocycles. The molecule has 0 unspecified atom stereocenters. The molecule has 1 atom stereocenters. The summed E-state index contributed by atoms with van der Waals surface area (Å²) in [5.41, 5.74) is 1.32. The number of esters is 1. The van der Waals surface area contributed by atoms with Gasteiger partial charge < -0.3 is 24.0 Å². The van der Waals surface area contributed by atoms with Gasteiger partial charge >= 0.3 is 12.1 Å². The van der Waals surface area contributed by atoms with Crippen molar-refractivity contribution in [2.24, 2.45) is 0 Å². The number of ether oxygens (including phenoxy) is 3. The van der Waals surface area contributed by atoms with Gasteiger partial charge in [-0.05, 0) is 52.5 Å². The highest BCUT2D eigenvalue weighted by molar-refractivity contribution is 5.77. The summed E-state index contributed by atoms with van der Waals surface area (Å²) in [6.07, 6.45) is 3.26. The quantitative estimate of drug-likeness (QED) is 0.563. The molecule has 37 heavy (non-hydrogen) atoms. The van der Waals surface area contributed by atoms with Gasteiger partial charge in [0.15, 0.2) is 5.82 Å². The predicted octanol–water partition coefficient (Wildman–Crippen LogP) is 1.80. The number of fused-ring (bicyclic) bond motifs is 3. The number of aromatic nitrogens is 4. The number of rotatable bonds is 4. The Labute approximate surface area is 214 Å². The number of carbonyl (C=O) groups excluding carboxylic acids is 2. The second kappa shape index (κ2) is 9.81. The van der Waals surface area contributed by atoms with E-state index in [0.717, 1.165) is 11.3 Å². The minimum Gasteiger partial charge on any atom is -0.464 e. The molecule has 1 amide bonds. The van der Waals surface area contributed by atoms with E-state index in [4.69, 9.17) is 19.2 Å². The van der Waals surface area contributed by atoms with E-state index in [-0.39, 0.29) is 24.2 Å². The summed E-state index contributed by atoms with van der Waals surface area (Å²) >= 11 is 0. The van der Waals surface area contributed by atoms with Crippen LogP contribution in [-0.4, -0.2) is 87.7 Å². The van der Waals surface area contributed by atoms with E-state index < -0.39 is 11.6 Å². The summed E-state index contributed by atoms with van der Waals surface area (Å²) in [6, 6.07) is -0.583. The van der Waals surface area contributed by atoms with E-state index in [2.05, 4.69) is 5.10 Å². The number of hydrogen-bond acceptors (Lipinski definition) is 9. The van der Waals surface area contributed by atoms with Crippen LogP contribution in [0, 0.1) is 0 Å². The van der Waals surface area contributed by atoms with E-state index in [1.54, 1.807) is 11.8 Å². The molecule has 0 aromatic carbocycles. The summed E-state index contributed by atoms with van der Waals surface area (Å²) in [5, 5.41) is 4.58. The van der Waals surface area contributed by atoms with Gasteiger partial charge in [0.25, 0.3) is 5.56 Å². The summed E-state index contributed by atoms with van der Waals surface area (Å²) in [7, 11) is 0. The van der Waals surface area contributed by atoms with Crippen molar-refractivity contribution in [3.05, 3.63) is 27.9 Å². The van der Waals surface area contributed by atoms with Crippen molar-refractivity contribution in [1.82, 2.24) is 24.1 Å². The van der Waals surface area contributed by atoms with Gasteiger partial charge in [-0.25, -0.2) is 9.59 Å². The van der Waals surface area contributed by atoms with Crippen molar-refractivity contribution in [1.29, 1.82) is 0 Å². The lowest BCUT2D eigenvalue weighted by Gasteiger charge is -2.37. The van der Waals surface area contributed by atoms with Crippen LogP contribution in [0.5, 0.6) is 0 Å². The van der Waals surface area contributed by atoms with Crippen LogP contribution in [0.25, 0.3) is 11.4 Å². The molecule has 1 fully saturated rings. The predicted molar refractivity (Wildman–Crippen MR) is 135 cm³/mol. The van der Waals surface area contributed by atoms with Gasteiger partial charge in [-0.15, -0.1) is 5.10 Å². The molecule has 12 nitrogen and oxygen atoms in total. The fraction of sp³-hybridized carbons (Fsp3) is 0.640. The first-order chi connectivity index (χ1) is 17.7. The Morgan fingerprint density at radius 2 is 1.92 bits per heavy atom. The third kappa shape index (κ3) is 4.81. The van der Waals surface area contributed by atoms with Crippen molar-refractivity contribution in [3.63, 3.8) is 0 Å². The monoisotopic (exact) mass is 514 g/mol. The first-order valence-corrected chi connectivity index (χ1v) is 12.9.